The van der Waals surface area contributed by atoms with E-state index in [2.05, 4.69) is 148 Å². The molecule has 7 nitrogen and oxygen atoms in total. The van der Waals surface area contributed by atoms with Crippen LogP contribution in [0.5, 0.6) is 5.88 Å². The van der Waals surface area contributed by atoms with Gasteiger partial charge in [0.1, 0.15) is 12.6 Å². The first-order valence-corrected chi connectivity index (χ1v) is 19.6. The largest absolute Gasteiger partial charge is 0.494 e. The number of likely N-dealkylation sites (N-methyl/N-ethyl adjacent to an activating group) is 1. The van der Waals surface area contributed by atoms with Gasteiger partial charge in [-0.25, -0.2) is 4.79 Å². The van der Waals surface area contributed by atoms with E-state index in [9.17, 15) is 14.7 Å². The van der Waals surface area contributed by atoms with Crippen molar-refractivity contribution in [3.8, 4) is 5.88 Å². The molecule has 280 valence electrons. The maximum atomic E-state index is 14.3. The van der Waals surface area contributed by atoms with Crippen molar-refractivity contribution in [2.45, 2.75) is 84.7 Å². The second-order valence-electron chi connectivity index (χ2n) is 16.2. The van der Waals surface area contributed by atoms with E-state index < -0.39 is 11.2 Å². The molecule has 0 radical (unpaired) electrons. The predicted molar refractivity (Wildman–Crippen MR) is 227 cm³/mol. The molecule has 0 saturated carbocycles. The van der Waals surface area contributed by atoms with Crippen LogP contribution in [0, 0.1) is 0 Å². The Hall–Kier alpha value is -5.69. The van der Waals surface area contributed by atoms with Crippen LogP contribution in [0.25, 0.3) is 27.1 Å². The fraction of sp³-hybridized carbons (Fsp3) is 0.312. The summed E-state index contributed by atoms with van der Waals surface area (Å²) in [5.74, 6) is -0.273. The molecule has 8 rings (SSSR count). The van der Waals surface area contributed by atoms with Crippen molar-refractivity contribution in [2.24, 2.45) is 0 Å². The minimum Gasteiger partial charge on any atom is -0.494 e. The van der Waals surface area contributed by atoms with Gasteiger partial charge >= 0.3 is 5.69 Å². The first kappa shape index (κ1) is 36.3. The third-order valence-electron chi connectivity index (χ3n) is 12.5. The number of rotatable bonds is 6. The average Bonchev–Trinajstić information content (AvgIpc) is 3.50. The van der Waals surface area contributed by atoms with Crippen LogP contribution in [0.15, 0.2) is 124 Å². The van der Waals surface area contributed by atoms with Gasteiger partial charge in [-0.3, -0.25) is 13.9 Å². The summed E-state index contributed by atoms with van der Waals surface area (Å²) in [6, 6.07) is 25.9. The van der Waals surface area contributed by atoms with E-state index in [1.54, 1.807) is 6.92 Å². The fourth-order valence-electron chi connectivity index (χ4n) is 9.80. The van der Waals surface area contributed by atoms with Crippen molar-refractivity contribution in [3.05, 3.63) is 151 Å². The zero-order valence-electron chi connectivity index (χ0n) is 33.3. The van der Waals surface area contributed by atoms with Crippen LogP contribution in [0.4, 0.5) is 11.4 Å². The van der Waals surface area contributed by atoms with Gasteiger partial charge in [-0.15, -0.1) is 0 Å². The number of hydrogen-bond acceptors (Lipinski definition) is 4. The summed E-state index contributed by atoms with van der Waals surface area (Å²) in [6.45, 7) is 13.2. The van der Waals surface area contributed by atoms with Gasteiger partial charge in [0, 0.05) is 54.6 Å². The van der Waals surface area contributed by atoms with Crippen LogP contribution in [0.2, 0.25) is 0 Å². The Morgan fingerprint density at radius 2 is 1.40 bits per heavy atom. The molecule has 0 atom stereocenters. The molecule has 1 aromatic heterocycles. The lowest BCUT2D eigenvalue weighted by molar-refractivity contribution is -0.401. The molecular weight excluding hydrogens is 681 g/mol. The van der Waals surface area contributed by atoms with Gasteiger partial charge in [0.05, 0.1) is 5.41 Å². The van der Waals surface area contributed by atoms with Crippen molar-refractivity contribution >= 4 is 44.2 Å². The van der Waals surface area contributed by atoms with Gasteiger partial charge in [0.2, 0.25) is 11.6 Å². The summed E-state index contributed by atoms with van der Waals surface area (Å²) in [7, 11) is 4.25. The van der Waals surface area contributed by atoms with Gasteiger partial charge in [0.25, 0.3) is 5.56 Å². The minimum absolute atomic E-state index is 0.193. The highest BCUT2D eigenvalue weighted by molar-refractivity contribution is 6.08. The standard InChI is InChI=1S/C48H50N4O3/c1-9-51-44(53)41(45(54)52(10-2)46(51)55)40-32(24-28-38-47(3,4)42-34-20-13-11-16-30(34)22-26-36(42)49(38)7)18-15-19-33(40)25-29-39-48(5,6)43-35-21-14-12-17-31(35)23-27-37(43)50(39)8/h11-14,16-17,20-29H,9-10,15,18-19H2,1-8H3/p+1/b32-24+,38-28+. The summed E-state index contributed by atoms with van der Waals surface area (Å²) >= 11 is 0. The second-order valence-corrected chi connectivity index (χ2v) is 16.2. The Kier molecular flexibility index (Phi) is 8.75. The lowest BCUT2D eigenvalue weighted by atomic mass is 9.78. The van der Waals surface area contributed by atoms with E-state index in [1.807, 2.05) is 6.92 Å². The summed E-state index contributed by atoms with van der Waals surface area (Å²) in [5, 5.41) is 16.8. The number of benzene rings is 4. The molecule has 1 aliphatic carbocycles. The van der Waals surface area contributed by atoms with Crippen LogP contribution in [0.1, 0.15) is 77.5 Å². The topological polar surface area (TPSA) is 70.5 Å². The molecule has 0 spiro atoms. The zero-order valence-corrected chi connectivity index (χ0v) is 33.3. The molecule has 55 heavy (non-hydrogen) atoms. The van der Waals surface area contributed by atoms with Crippen molar-refractivity contribution < 1.29 is 9.68 Å². The van der Waals surface area contributed by atoms with Crippen molar-refractivity contribution in [2.75, 3.05) is 19.0 Å². The van der Waals surface area contributed by atoms with Crippen LogP contribution < -0.4 is 16.1 Å². The molecule has 2 aliphatic heterocycles. The number of aromatic hydroxyl groups is 1. The summed E-state index contributed by atoms with van der Waals surface area (Å²) in [6.07, 6.45) is 11.1. The van der Waals surface area contributed by atoms with Gasteiger partial charge < -0.3 is 10.0 Å². The van der Waals surface area contributed by atoms with Crippen molar-refractivity contribution in [1.29, 1.82) is 0 Å². The Balaban J connectivity index is 1.32. The van der Waals surface area contributed by atoms with Gasteiger partial charge in [-0.05, 0) is 109 Å². The highest BCUT2D eigenvalue weighted by Crippen LogP contribution is 2.50. The first-order chi connectivity index (χ1) is 26.3. The lowest BCUT2D eigenvalue weighted by Gasteiger charge is -2.26. The van der Waals surface area contributed by atoms with E-state index >= 15 is 0 Å². The molecule has 3 heterocycles. The highest BCUT2D eigenvalue weighted by atomic mass is 16.3. The van der Waals surface area contributed by atoms with Crippen LogP contribution in [-0.4, -0.2) is 38.6 Å². The molecule has 4 aromatic carbocycles. The molecule has 3 aliphatic rings. The minimum atomic E-state index is -0.494. The quantitative estimate of drug-likeness (QED) is 0.177. The number of aromatic nitrogens is 2. The third-order valence-corrected chi connectivity index (χ3v) is 12.5. The normalized spacial score (nSPS) is 19.2. The van der Waals surface area contributed by atoms with Gasteiger partial charge in [0.15, 0.2) is 5.71 Å². The van der Waals surface area contributed by atoms with Crippen LogP contribution in [-0.2, 0) is 23.9 Å². The smallest absolute Gasteiger partial charge is 0.333 e. The van der Waals surface area contributed by atoms with Crippen LogP contribution >= 0.6 is 0 Å². The Labute approximate surface area is 323 Å². The molecule has 0 unspecified atom stereocenters. The molecule has 1 N–H and O–H groups in total. The highest BCUT2D eigenvalue weighted by Gasteiger charge is 2.44. The van der Waals surface area contributed by atoms with E-state index in [1.165, 1.54) is 53.2 Å². The maximum absolute atomic E-state index is 14.3. The summed E-state index contributed by atoms with van der Waals surface area (Å²) < 4.78 is 4.84. The summed E-state index contributed by atoms with van der Waals surface area (Å²) in [4.78, 5) is 30.0. The number of hydrogen-bond donors (Lipinski definition) is 1. The summed E-state index contributed by atoms with van der Waals surface area (Å²) in [5.41, 5.74) is 8.59. The zero-order chi connectivity index (χ0) is 39.0. The van der Waals surface area contributed by atoms with E-state index in [0.717, 1.165) is 47.4 Å². The third kappa shape index (κ3) is 5.42. The Morgan fingerprint density at radius 3 is 2.07 bits per heavy atom. The first-order valence-electron chi connectivity index (χ1n) is 19.6. The monoisotopic (exact) mass is 731 g/mol. The molecule has 7 heteroatoms. The SMILES string of the molecule is CCn1c(O)c(C2=C(/C=C/C3=[N+](C)c4ccc5ccccc5c4C3(C)C)CCC/C2=C\C=C2\N(C)c3ccc4ccccc4c3C2(C)C)c(=O)n(CC)c1=O. The number of allylic oxidation sites excluding steroid dienone is 8. The lowest BCUT2D eigenvalue weighted by Crippen LogP contribution is -2.41. The molecule has 0 amide bonds. The molecule has 0 bridgehead atoms. The van der Waals surface area contributed by atoms with Gasteiger partial charge in [-0.2, -0.15) is 4.58 Å². The van der Waals surface area contributed by atoms with Crippen LogP contribution in [0.3, 0.4) is 0 Å². The predicted octanol–water partition coefficient (Wildman–Crippen LogP) is 9.50. The van der Waals surface area contributed by atoms with Gasteiger partial charge in [-0.1, -0.05) is 80.6 Å². The van der Waals surface area contributed by atoms with E-state index in [0.29, 0.717) is 0 Å². The van der Waals surface area contributed by atoms with E-state index in [-0.39, 0.29) is 35.4 Å². The molecular formula is C48H51N4O3+. The average molecular weight is 732 g/mol. The van der Waals surface area contributed by atoms with E-state index in [4.69, 9.17) is 0 Å². The number of nitrogens with zero attached hydrogens (tertiary/aromatic N) is 4. The molecule has 5 aromatic rings. The Bertz CT molecular complexity index is 2730. The number of fused-ring (bicyclic) bond motifs is 6. The Morgan fingerprint density at radius 1 is 0.764 bits per heavy atom. The maximum Gasteiger partial charge on any atom is 0.333 e. The van der Waals surface area contributed by atoms with Crippen molar-refractivity contribution in [3.63, 3.8) is 0 Å². The number of anilines is 1. The second kappa shape index (κ2) is 13.3. The molecule has 0 saturated heterocycles. The fourth-order valence-corrected chi connectivity index (χ4v) is 9.80. The molecule has 0 fully saturated rings. The van der Waals surface area contributed by atoms with Crippen molar-refractivity contribution in [1.82, 2.24) is 9.13 Å².